The van der Waals surface area contributed by atoms with Gasteiger partial charge in [-0.05, 0) is 19.1 Å². The van der Waals surface area contributed by atoms with Gasteiger partial charge in [0.15, 0.2) is 5.82 Å². The van der Waals surface area contributed by atoms with Crippen molar-refractivity contribution >= 4 is 29.2 Å². The third kappa shape index (κ3) is 3.12. The molecule has 0 saturated carbocycles. The Morgan fingerprint density at radius 2 is 2.08 bits per heavy atom. The summed E-state index contributed by atoms with van der Waals surface area (Å²) in [6, 6.07) is 7.47. The normalized spacial score (nSPS) is 16.7. The second kappa shape index (κ2) is 6.15. The standard InChI is InChI=1S/C16H17N5O3/c1-9-7-13(20-21(9)2)19-14(22)8-12-16(24)17-11-6-4-3-5-10(11)15(23)18-12/h3-7,12H,8H2,1-2H3,(H,17,24)(H,18,23)(H,19,20,22)/t12-/m0/s1. The molecule has 1 aliphatic rings. The summed E-state index contributed by atoms with van der Waals surface area (Å²) in [7, 11) is 1.77. The van der Waals surface area contributed by atoms with Gasteiger partial charge >= 0.3 is 0 Å². The van der Waals surface area contributed by atoms with E-state index in [-0.39, 0.29) is 6.42 Å². The zero-order valence-corrected chi connectivity index (χ0v) is 13.3. The molecule has 3 rings (SSSR count). The molecule has 3 amide bonds. The first-order valence-corrected chi connectivity index (χ1v) is 7.45. The highest BCUT2D eigenvalue weighted by Crippen LogP contribution is 2.19. The molecule has 0 unspecified atom stereocenters. The van der Waals surface area contributed by atoms with E-state index >= 15 is 0 Å². The number of amides is 3. The molecule has 0 radical (unpaired) electrons. The molecule has 0 aliphatic carbocycles. The van der Waals surface area contributed by atoms with E-state index in [2.05, 4.69) is 21.0 Å². The van der Waals surface area contributed by atoms with Gasteiger partial charge in [0.25, 0.3) is 5.91 Å². The average Bonchev–Trinajstić information content (AvgIpc) is 2.78. The first-order valence-electron chi connectivity index (χ1n) is 7.45. The minimum absolute atomic E-state index is 0.179. The number of aromatic nitrogens is 2. The summed E-state index contributed by atoms with van der Waals surface area (Å²) in [6.07, 6.45) is -0.179. The van der Waals surface area contributed by atoms with Crippen molar-refractivity contribution in [2.75, 3.05) is 10.6 Å². The molecule has 1 aromatic carbocycles. The zero-order chi connectivity index (χ0) is 17.3. The lowest BCUT2D eigenvalue weighted by atomic mass is 10.1. The van der Waals surface area contributed by atoms with Crippen molar-refractivity contribution < 1.29 is 14.4 Å². The van der Waals surface area contributed by atoms with Crippen molar-refractivity contribution in [3.63, 3.8) is 0 Å². The van der Waals surface area contributed by atoms with E-state index in [1.165, 1.54) is 0 Å². The number of fused-ring (bicyclic) bond motifs is 1. The number of nitrogens with zero attached hydrogens (tertiary/aromatic N) is 2. The van der Waals surface area contributed by atoms with Gasteiger partial charge in [-0.25, -0.2) is 0 Å². The molecule has 0 saturated heterocycles. The van der Waals surface area contributed by atoms with E-state index in [1.807, 2.05) is 6.92 Å². The highest BCUT2D eigenvalue weighted by atomic mass is 16.2. The number of para-hydroxylation sites is 1. The van der Waals surface area contributed by atoms with Crippen LogP contribution in [0.5, 0.6) is 0 Å². The summed E-state index contributed by atoms with van der Waals surface area (Å²) >= 11 is 0. The van der Waals surface area contributed by atoms with Gasteiger partial charge in [0.05, 0.1) is 17.7 Å². The van der Waals surface area contributed by atoms with Crippen molar-refractivity contribution in [3.8, 4) is 0 Å². The van der Waals surface area contributed by atoms with Gasteiger partial charge in [-0.3, -0.25) is 19.1 Å². The van der Waals surface area contributed by atoms with Gasteiger partial charge in [-0.15, -0.1) is 0 Å². The summed E-state index contributed by atoms with van der Waals surface area (Å²) in [5.74, 6) is -0.820. The largest absolute Gasteiger partial charge is 0.340 e. The lowest BCUT2D eigenvalue weighted by Gasteiger charge is -2.13. The molecule has 8 heteroatoms. The van der Waals surface area contributed by atoms with Crippen molar-refractivity contribution in [2.45, 2.75) is 19.4 Å². The molecule has 1 aliphatic heterocycles. The molecule has 124 valence electrons. The number of anilines is 2. The fourth-order valence-electron chi connectivity index (χ4n) is 2.46. The average molecular weight is 327 g/mol. The van der Waals surface area contributed by atoms with E-state index in [9.17, 15) is 14.4 Å². The summed E-state index contributed by atoms with van der Waals surface area (Å²) in [5.41, 5.74) is 1.69. The summed E-state index contributed by atoms with van der Waals surface area (Å²) < 4.78 is 1.63. The number of rotatable bonds is 3. The second-order valence-electron chi connectivity index (χ2n) is 5.61. The highest BCUT2D eigenvalue weighted by Gasteiger charge is 2.29. The van der Waals surface area contributed by atoms with Crippen LogP contribution in [0.3, 0.4) is 0 Å². The smallest absolute Gasteiger partial charge is 0.254 e. The number of carbonyl (C=O) groups excluding carboxylic acids is 3. The predicted molar refractivity (Wildman–Crippen MR) is 87.5 cm³/mol. The quantitative estimate of drug-likeness (QED) is 0.775. The molecule has 2 aromatic rings. The van der Waals surface area contributed by atoms with Crippen LogP contribution in [0.2, 0.25) is 0 Å². The fourth-order valence-corrected chi connectivity index (χ4v) is 2.46. The molecule has 2 heterocycles. The van der Waals surface area contributed by atoms with E-state index in [0.717, 1.165) is 5.69 Å². The number of carbonyl (C=O) groups is 3. The molecule has 0 fully saturated rings. The minimum atomic E-state index is -0.949. The van der Waals surface area contributed by atoms with Crippen LogP contribution in [0, 0.1) is 6.92 Å². The van der Waals surface area contributed by atoms with Gasteiger partial charge in [-0.1, -0.05) is 12.1 Å². The second-order valence-corrected chi connectivity index (χ2v) is 5.61. The van der Waals surface area contributed by atoms with Gasteiger partial charge in [0, 0.05) is 18.8 Å². The number of aryl methyl sites for hydroxylation is 2. The van der Waals surface area contributed by atoms with E-state index in [4.69, 9.17) is 0 Å². The number of nitrogens with one attached hydrogen (secondary N) is 3. The molecule has 1 aromatic heterocycles. The Morgan fingerprint density at radius 1 is 1.33 bits per heavy atom. The highest BCUT2D eigenvalue weighted by molar-refractivity contribution is 6.11. The van der Waals surface area contributed by atoms with Gasteiger partial charge in [0.1, 0.15) is 6.04 Å². The van der Waals surface area contributed by atoms with E-state index in [0.29, 0.717) is 17.1 Å². The molecule has 8 nitrogen and oxygen atoms in total. The van der Waals surface area contributed by atoms with Crippen molar-refractivity contribution in [1.29, 1.82) is 0 Å². The van der Waals surface area contributed by atoms with Crippen LogP contribution >= 0.6 is 0 Å². The third-order valence-electron chi connectivity index (χ3n) is 3.82. The SMILES string of the molecule is Cc1cc(NC(=O)C[C@@H]2NC(=O)c3ccccc3NC2=O)nn1C. The minimum Gasteiger partial charge on any atom is -0.340 e. The van der Waals surface area contributed by atoms with Crippen LogP contribution in [0.15, 0.2) is 30.3 Å². The Balaban J connectivity index is 1.70. The third-order valence-corrected chi connectivity index (χ3v) is 3.82. The Labute approximate surface area is 138 Å². The molecule has 0 bridgehead atoms. The van der Waals surface area contributed by atoms with Crippen LogP contribution in [0.4, 0.5) is 11.5 Å². The first kappa shape index (κ1) is 15.7. The van der Waals surface area contributed by atoms with Crippen molar-refractivity contribution in [1.82, 2.24) is 15.1 Å². The summed E-state index contributed by atoms with van der Waals surface area (Å²) in [6.45, 7) is 1.86. The molecular formula is C16H17N5O3. The lowest BCUT2D eigenvalue weighted by molar-refractivity contribution is -0.122. The molecule has 24 heavy (non-hydrogen) atoms. The van der Waals surface area contributed by atoms with Crippen LogP contribution in [0.1, 0.15) is 22.5 Å². The Morgan fingerprint density at radius 3 is 2.79 bits per heavy atom. The maximum absolute atomic E-state index is 12.2. The maximum Gasteiger partial charge on any atom is 0.254 e. The van der Waals surface area contributed by atoms with Crippen LogP contribution in [-0.2, 0) is 16.6 Å². The van der Waals surface area contributed by atoms with Crippen LogP contribution in [-0.4, -0.2) is 33.5 Å². The predicted octanol–water partition coefficient (Wildman–Crippen LogP) is 0.808. The van der Waals surface area contributed by atoms with Gasteiger partial charge in [0.2, 0.25) is 11.8 Å². The number of benzene rings is 1. The van der Waals surface area contributed by atoms with Gasteiger partial charge in [-0.2, -0.15) is 5.10 Å². The summed E-state index contributed by atoms with van der Waals surface area (Å²) in [5, 5.41) is 12.0. The van der Waals surface area contributed by atoms with Crippen molar-refractivity contribution in [3.05, 3.63) is 41.6 Å². The number of hydrogen-bond acceptors (Lipinski definition) is 4. The zero-order valence-electron chi connectivity index (χ0n) is 13.3. The van der Waals surface area contributed by atoms with Crippen LogP contribution < -0.4 is 16.0 Å². The van der Waals surface area contributed by atoms with Crippen molar-refractivity contribution in [2.24, 2.45) is 7.05 Å². The summed E-state index contributed by atoms with van der Waals surface area (Å²) in [4.78, 5) is 36.6. The fraction of sp³-hybridized carbons (Fsp3) is 0.250. The maximum atomic E-state index is 12.2. The van der Waals surface area contributed by atoms with E-state index < -0.39 is 23.8 Å². The first-order chi connectivity index (χ1) is 11.4. The number of hydrogen-bond donors (Lipinski definition) is 3. The molecular weight excluding hydrogens is 310 g/mol. The Bertz CT molecular complexity index is 807. The molecule has 0 spiro atoms. The Hall–Kier alpha value is -3.16. The van der Waals surface area contributed by atoms with Crippen LogP contribution in [0.25, 0.3) is 0 Å². The Kier molecular flexibility index (Phi) is 4.03. The molecule has 3 N–H and O–H groups in total. The monoisotopic (exact) mass is 327 g/mol. The topological polar surface area (TPSA) is 105 Å². The molecule has 1 atom stereocenters. The lowest BCUT2D eigenvalue weighted by Crippen LogP contribution is -2.43. The van der Waals surface area contributed by atoms with Gasteiger partial charge < -0.3 is 16.0 Å². The van der Waals surface area contributed by atoms with E-state index in [1.54, 1.807) is 42.1 Å².